The molecule has 0 aliphatic rings. The average Bonchev–Trinajstić information content (AvgIpc) is 3.27. The zero-order valence-corrected chi connectivity index (χ0v) is 15.8. The normalized spacial score (nSPS) is 11.9. The predicted octanol–water partition coefficient (Wildman–Crippen LogP) is 4.65. The molecular formula is C19H20N2O2S2. The van der Waals surface area contributed by atoms with E-state index in [2.05, 4.69) is 21.7 Å². The number of rotatable bonds is 7. The first kappa shape index (κ1) is 17.6. The number of aromatic nitrogens is 1. The van der Waals surface area contributed by atoms with Gasteiger partial charge in [0.05, 0.1) is 22.1 Å². The second-order valence-corrected chi connectivity index (χ2v) is 7.79. The maximum atomic E-state index is 12.4. The van der Waals surface area contributed by atoms with E-state index in [1.165, 1.54) is 0 Å². The molecule has 1 atom stereocenters. The Morgan fingerprint density at radius 3 is 2.72 bits per heavy atom. The van der Waals surface area contributed by atoms with E-state index in [4.69, 9.17) is 4.74 Å². The predicted molar refractivity (Wildman–Crippen MR) is 103 cm³/mol. The Bertz CT molecular complexity index is 827. The summed E-state index contributed by atoms with van der Waals surface area (Å²) in [6.07, 6.45) is 0.136. The van der Waals surface area contributed by atoms with Crippen LogP contribution in [0.4, 0.5) is 0 Å². The van der Waals surface area contributed by atoms with Gasteiger partial charge in [0.2, 0.25) is 0 Å². The number of thiazole rings is 1. The lowest BCUT2D eigenvalue weighted by molar-refractivity contribution is -0.128. The van der Waals surface area contributed by atoms with E-state index in [-0.39, 0.29) is 5.91 Å². The van der Waals surface area contributed by atoms with Crippen LogP contribution in [0.25, 0.3) is 10.6 Å². The van der Waals surface area contributed by atoms with Gasteiger partial charge in [0.15, 0.2) is 6.10 Å². The number of ether oxygens (including phenoxy) is 1. The third-order valence-corrected chi connectivity index (χ3v) is 5.54. The van der Waals surface area contributed by atoms with Crippen molar-refractivity contribution in [1.29, 1.82) is 0 Å². The lowest BCUT2D eigenvalue weighted by Gasteiger charge is -2.17. The van der Waals surface area contributed by atoms with Crippen LogP contribution in [0.2, 0.25) is 0 Å². The molecule has 0 fully saturated rings. The van der Waals surface area contributed by atoms with Gasteiger partial charge in [-0.15, -0.1) is 22.7 Å². The van der Waals surface area contributed by atoms with Crippen LogP contribution in [0.3, 0.4) is 0 Å². The number of aryl methyl sites for hydroxylation is 1. The fraction of sp³-hybridized carbons (Fsp3) is 0.263. The molecule has 2 heterocycles. The highest BCUT2D eigenvalue weighted by Gasteiger charge is 2.18. The minimum Gasteiger partial charge on any atom is -0.481 e. The van der Waals surface area contributed by atoms with Gasteiger partial charge >= 0.3 is 0 Å². The quantitative estimate of drug-likeness (QED) is 0.656. The summed E-state index contributed by atoms with van der Waals surface area (Å²) in [7, 11) is 0. The van der Waals surface area contributed by atoms with Gasteiger partial charge in [-0.05, 0) is 37.6 Å². The number of benzene rings is 1. The van der Waals surface area contributed by atoms with E-state index in [1.807, 2.05) is 50.2 Å². The van der Waals surface area contributed by atoms with Gasteiger partial charge in [0, 0.05) is 10.3 Å². The van der Waals surface area contributed by atoms with Crippen LogP contribution < -0.4 is 10.1 Å². The van der Waals surface area contributed by atoms with Crippen molar-refractivity contribution in [3.05, 3.63) is 57.7 Å². The monoisotopic (exact) mass is 372 g/mol. The van der Waals surface area contributed by atoms with Crippen LogP contribution in [-0.4, -0.2) is 17.0 Å². The second-order valence-electron chi connectivity index (χ2n) is 5.56. The van der Waals surface area contributed by atoms with Gasteiger partial charge in [-0.3, -0.25) is 4.79 Å². The van der Waals surface area contributed by atoms with Gasteiger partial charge in [-0.2, -0.15) is 0 Å². The number of nitrogens with one attached hydrogen (secondary N) is 1. The van der Waals surface area contributed by atoms with E-state index >= 15 is 0 Å². The molecule has 1 aromatic carbocycles. The molecule has 6 heteroatoms. The molecule has 3 rings (SSSR count). The zero-order valence-electron chi connectivity index (χ0n) is 14.2. The molecule has 1 amide bonds. The third kappa shape index (κ3) is 4.67. The molecule has 25 heavy (non-hydrogen) atoms. The smallest absolute Gasteiger partial charge is 0.261 e. The maximum absolute atomic E-state index is 12.4. The molecule has 130 valence electrons. The van der Waals surface area contributed by atoms with Crippen molar-refractivity contribution in [2.75, 3.05) is 0 Å². The van der Waals surface area contributed by atoms with Crippen molar-refractivity contribution in [2.45, 2.75) is 32.9 Å². The Labute approximate surface area is 155 Å². The van der Waals surface area contributed by atoms with Gasteiger partial charge in [0.25, 0.3) is 5.91 Å². The average molecular weight is 373 g/mol. The number of carbonyl (C=O) groups is 1. The Hall–Kier alpha value is -2.18. The zero-order chi connectivity index (χ0) is 17.6. The van der Waals surface area contributed by atoms with Crippen molar-refractivity contribution in [3.63, 3.8) is 0 Å². The second kappa shape index (κ2) is 8.27. The van der Waals surface area contributed by atoms with Crippen molar-refractivity contribution < 1.29 is 9.53 Å². The molecule has 1 N–H and O–H groups in total. The van der Waals surface area contributed by atoms with Crippen LogP contribution in [0.15, 0.2) is 47.8 Å². The van der Waals surface area contributed by atoms with Gasteiger partial charge in [-0.1, -0.05) is 25.1 Å². The lowest BCUT2D eigenvalue weighted by atomic mass is 10.2. The topological polar surface area (TPSA) is 51.2 Å². The van der Waals surface area contributed by atoms with Crippen molar-refractivity contribution in [2.24, 2.45) is 0 Å². The van der Waals surface area contributed by atoms with E-state index < -0.39 is 6.10 Å². The molecule has 2 aromatic heterocycles. The number of thiophene rings is 1. The third-order valence-electron chi connectivity index (χ3n) is 3.65. The standard InChI is InChI=1S/C19H20N2O2S2/c1-3-17(23-14-7-5-4-6-8-14)19(22)20-11-15-9-10-18(25-15)16-12-24-13(2)21-16/h4-10,12,17H,3,11H2,1-2H3,(H,20,22). The minimum atomic E-state index is -0.483. The summed E-state index contributed by atoms with van der Waals surface area (Å²) in [6.45, 7) is 4.45. The molecule has 0 bridgehead atoms. The van der Waals surface area contributed by atoms with Crippen LogP contribution in [0, 0.1) is 6.92 Å². The Kier molecular flexibility index (Phi) is 5.83. The molecule has 0 aliphatic carbocycles. The number of carbonyl (C=O) groups excluding carboxylic acids is 1. The number of nitrogens with zero attached hydrogens (tertiary/aromatic N) is 1. The first-order valence-electron chi connectivity index (χ1n) is 8.16. The van der Waals surface area contributed by atoms with Crippen LogP contribution in [0.1, 0.15) is 23.2 Å². The Morgan fingerprint density at radius 2 is 2.04 bits per heavy atom. The molecule has 3 aromatic rings. The summed E-state index contributed by atoms with van der Waals surface area (Å²) in [4.78, 5) is 19.1. The summed E-state index contributed by atoms with van der Waals surface area (Å²) in [5.74, 6) is 0.618. The van der Waals surface area contributed by atoms with E-state index in [0.29, 0.717) is 18.7 Å². The summed E-state index contributed by atoms with van der Waals surface area (Å²) in [6, 6.07) is 13.5. The largest absolute Gasteiger partial charge is 0.481 e. The fourth-order valence-corrected chi connectivity index (χ4v) is 3.96. The first-order chi connectivity index (χ1) is 12.2. The highest BCUT2D eigenvalue weighted by Crippen LogP contribution is 2.29. The molecule has 0 saturated carbocycles. The van der Waals surface area contributed by atoms with Crippen LogP contribution >= 0.6 is 22.7 Å². The number of hydrogen-bond donors (Lipinski definition) is 1. The Balaban J connectivity index is 1.57. The summed E-state index contributed by atoms with van der Waals surface area (Å²) >= 11 is 3.30. The SMILES string of the molecule is CCC(Oc1ccccc1)C(=O)NCc1ccc(-c2csc(C)n2)s1. The minimum absolute atomic E-state index is 0.0918. The summed E-state index contributed by atoms with van der Waals surface area (Å²) < 4.78 is 5.77. The van der Waals surface area contributed by atoms with Gasteiger partial charge < -0.3 is 10.1 Å². The molecular weight excluding hydrogens is 352 g/mol. The summed E-state index contributed by atoms with van der Waals surface area (Å²) in [5.41, 5.74) is 1.00. The molecule has 0 spiro atoms. The number of para-hydroxylation sites is 1. The van der Waals surface area contributed by atoms with Crippen molar-refractivity contribution in [1.82, 2.24) is 10.3 Å². The van der Waals surface area contributed by atoms with Crippen LogP contribution in [0.5, 0.6) is 5.75 Å². The van der Waals surface area contributed by atoms with Crippen LogP contribution in [-0.2, 0) is 11.3 Å². The molecule has 0 radical (unpaired) electrons. The first-order valence-corrected chi connectivity index (χ1v) is 9.86. The molecule has 4 nitrogen and oxygen atoms in total. The number of amides is 1. The van der Waals surface area contributed by atoms with Crippen molar-refractivity contribution >= 4 is 28.6 Å². The van der Waals surface area contributed by atoms with Gasteiger partial charge in [0.1, 0.15) is 5.75 Å². The Morgan fingerprint density at radius 1 is 1.24 bits per heavy atom. The van der Waals surface area contributed by atoms with Gasteiger partial charge in [-0.25, -0.2) is 4.98 Å². The molecule has 0 saturated heterocycles. The maximum Gasteiger partial charge on any atom is 0.261 e. The number of hydrogen-bond acceptors (Lipinski definition) is 5. The van der Waals surface area contributed by atoms with Crippen molar-refractivity contribution in [3.8, 4) is 16.3 Å². The molecule has 0 aliphatic heterocycles. The lowest BCUT2D eigenvalue weighted by Crippen LogP contribution is -2.37. The van der Waals surface area contributed by atoms with E-state index in [9.17, 15) is 4.79 Å². The van der Waals surface area contributed by atoms with E-state index in [0.717, 1.165) is 20.5 Å². The fourth-order valence-electron chi connectivity index (χ4n) is 2.36. The highest BCUT2D eigenvalue weighted by atomic mass is 32.1. The molecule has 1 unspecified atom stereocenters. The highest BCUT2D eigenvalue weighted by molar-refractivity contribution is 7.16. The summed E-state index contributed by atoms with van der Waals surface area (Å²) in [5, 5.41) is 6.09. The van der Waals surface area contributed by atoms with E-state index in [1.54, 1.807) is 22.7 Å².